The fourth-order valence-corrected chi connectivity index (χ4v) is 2.37. The van der Waals surface area contributed by atoms with Crippen LogP contribution in [0.25, 0.3) is 0 Å². The summed E-state index contributed by atoms with van der Waals surface area (Å²) in [6.45, 7) is 3.54. The first-order valence-electron chi connectivity index (χ1n) is 7.76. The first-order valence-corrected chi connectivity index (χ1v) is 7.76. The lowest BCUT2D eigenvalue weighted by atomic mass is 10.1. The average molecular weight is 359 g/mol. The van der Waals surface area contributed by atoms with E-state index in [2.05, 4.69) is 5.32 Å². The molecule has 2 amide bonds. The Bertz CT molecular complexity index is 883. The highest BCUT2D eigenvalue weighted by Crippen LogP contribution is 2.20. The van der Waals surface area contributed by atoms with E-state index in [-0.39, 0.29) is 12.1 Å². The molecule has 2 aromatic rings. The van der Waals surface area contributed by atoms with E-state index in [0.717, 1.165) is 34.2 Å². The van der Waals surface area contributed by atoms with E-state index in [9.17, 15) is 24.1 Å². The molecule has 2 aromatic carbocycles. The van der Waals surface area contributed by atoms with Gasteiger partial charge in [-0.15, -0.1) is 0 Å². The minimum atomic E-state index is -1.03. The number of aryl methyl sites for hydroxylation is 1. The molecule has 0 aliphatic carbocycles. The third kappa shape index (κ3) is 4.21. The first-order chi connectivity index (χ1) is 12.2. The van der Waals surface area contributed by atoms with E-state index < -0.39 is 28.2 Å². The molecular weight excluding hydrogens is 341 g/mol. The second-order valence-corrected chi connectivity index (χ2v) is 5.88. The van der Waals surface area contributed by atoms with Crippen LogP contribution >= 0.6 is 0 Å². The van der Waals surface area contributed by atoms with E-state index in [1.807, 2.05) is 26.0 Å². The molecule has 0 radical (unpaired) electrons. The summed E-state index contributed by atoms with van der Waals surface area (Å²) in [5, 5.41) is 13.5. The molecule has 0 atom stereocenters. The van der Waals surface area contributed by atoms with Crippen LogP contribution in [0, 0.1) is 29.8 Å². The Morgan fingerprint density at radius 1 is 1.23 bits per heavy atom. The monoisotopic (exact) mass is 359 g/mol. The van der Waals surface area contributed by atoms with Crippen LogP contribution in [-0.4, -0.2) is 35.2 Å². The zero-order chi connectivity index (χ0) is 19.4. The lowest BCUT2D eigenvalue weighted by Crippen LogP contribution is -2.35. The molecule has 0 unspecified atom stereocenters. The van der Waals surface area contributed by atoms with Crippen molar-refractivity contribution in [2.24, 2.45) is 0 Å². The number of nitro benzene ring substituents is 1. The molecule has 8 heteroatoms. The molecule has 0 bridgehead atoms. The van der Waals surface area contributed by atoms with Crippen LogP contribution in [0.1, 0.15) is 21.5 Å². The molecule has 0 saturated carbocycles. The van der Waals surface area contributed by atoms with Gasteiger partial charge < -0.3 is 10.2 Å². The van der Waals surface area contributed by atoms with Gasteiger partial charge in [0.2, 0.25) is 11.7 Å². The molecule has 0 heterocycles. The molecule has 26 heavy (non-hydrogen) atoms. The maximum atomic E-state index is 13.4. The van der Waals surface area contributed by atoms with Crippen LogP contribution in [0.2, 0.25) is 0 Å². The molecule has 136 valence electrons. The van der Waals surface area contributed by atoms with Gasteiger partial charge in [-0.1, -0.05) is 12.1 Å². The van der Waals surface area contributed by atoms with Gasteiger partial charge in [-0.3, -0.25) is 19.7 Å². The number of hydrogen-bond donors (Lipinski definition) is 1. The molecule has 0 fully saturated rings. The topological polar surface area (TPSA) is 92.6 Å². The Kier molecular flexibility index (Phi) is 5.66. The smallest absolute Gasteiger partial charge is 0.305 e. The number of carbonyl (C=O) groups excluding carboxylic acids is 2. The van der Waals surface area contributed by atoms with E-state index in [0.29, 0.717) is 5.69 Å². The van der Waals surface area contributed by atoms with Gasteiger partial charge >= 0.3 is 5.69 Å². The molecule has 7 nitrogen and oxygen atoms in total. The number of nitrogens with zero attached hydrogens (tertiary/aromatic N) is 2. The fraction of sp³-hybridized carbons (Fsp3) is 0.222. The predicted molar refractivity (Wildman–Crippen MR) is 94.6 cm³/mol. The third-order valence-corrected chi connectivity index (χ3v) is 4.00. The summed E-state index contributed by atoms with van der Waals surface area (Å²) in [5.74, 6) is -2.06. The van der Waals surface area contributed by atoms with Crippen LogP contribution in [0.4, 0.5) is 15.8 Å². The molecule has 0 aliphatic rings. The minimum absolute atomic E-state index is 0.0693. The van der Waals surface area contributed by atoms with Gasteiger partial charge in [-0.25, -0.2) is 0 Å². The second-order valence-electron chi connectivity index (χ2n) is 5.88. The van der Waals surface area contributed by atoms with Crippen LogP contribution in [0.15, 0.2) is 36.4 Å². The first kappa shape index (κ1) is 19.0. The Balaban J connectivity index is 2.09. The number of carbonyl (C=O) groups is 2. The standard InChI is InChI=1S/C18H18FN3O4/c1-11-5-4-6-15(12(11)2)20-17(23)10-21(3)18(24)13-7-8-14(19)16(9-13)22(25)26/h4-9H,10H2,1-3H3,(H,20,23). The van der Waals surface area contributed by atoms with Crippen molar-refractivity contribution >= 4 is 23.2 Å². The van der Waals surface area contributed by atoms with Crippen molar-refractivity contribution in [3.05, 3.63) is 69.0 Å². The lowest BCUT2D eigenvalue weighted by molar-refractivity contribution is -0.387. The Hall–Kier alpha value is -3.29. The number of rotatable bonds is 5. The number of halogens is 1. The van der Waals surface area contributed by atoms with Crippen molar-refractivity contribution in [3.8, 4) is 0 Å². The normalized spacial score (nSPS) is 10.3. The van der Waals surface area contributed by atoms with Gasteiger partial charge in [0.25, 0.3) is 5.91 Å². The van der Waals surface area contributed by atoms with Crippen molar-refractivity contribution in [2.45, 2.75) is 13.8 Å². The lowest BCUT2D eigenvalue weighted by Gasteiger charge is -2.17. The number of likely N-dealkylation sites (N-methyl/N-ethyl adjacent to an activating group) is 1. The van der Waals surface area contributed by atoms with Gasteiger partial charge in [0.1, 0.15) is 0 Å². The summed E-state index contributed by atoms with van der Waals surface area (Å²) in [4.78, 5) is 35.5. The maximum Gasteiger partial charge on any atom is 0.305 e. The largest absolute Gasteiger partial charge is 0.332 e. The number of nitro groups is 1. The van der Waals surface area contributed by atoms with Crippen LogP contribution in [0.3, 0.4) is 0 Å². The summed E-state index contributed by atoms with van der Waals surface area (Å²) in [7, 11) is 1.39. The fourth-order valence-electron chi connectivity index (χ4n) is 2.37. The SMILES string of the molecule is Cc1cccc(NC(=O)CN(C)C(=O)c2ccc(F)c([N+](=O)[O-])c2)c1C. The molecule has 0 spiro atoms. The highest BCUT2D eigenvalue weighted by Gasteiger charge is 2.21. The molecule has 0 aromatic heterocycles. The zero-order valence-electron chi connectivity index (χ0n) is 14.6. The maximum absolute atomic E-state index is 13.4. The van der Waals surface area contributed by atoms with E-state index in [1.165, 1.54) is 7.05 Å². The van der Waals surface area contributed by atoms with Crippen molar-refractivity contribution in [3.63, 3.8) is 0 Å². The quantitative estimate of drug-likeness (QED) is 0.656. The molecule has 2 rings (SSSR count). The average Bonchev–Trinajstić information content (AvgIpc) is 2.58. The number of benzene rings is 2. The van der Waals surface area contributed by atoms with Crippen molar-refractivity contribution in [2.75, 3.05) is 18.9 Å². The summed E-state index contributed by atoms with van der Waals surface area (Å²) in [6.07, 6.45) is 0. The van der Waals surface area contributed by atoms with Gasteiger partial charge in [0, 0.05) is 24.4 Å². The molecule has 1 N–H and O–H groups in total. The summed E-state index contributed by atoms with van der Waals surface area (Å²) < 4.78 is 13.4. The number of amides is 2. The van der Waals surface area contributed by atoms with Gasteiger partial charge in [0.05, 0.1) is 11.5 Å². The van der Waals surface area contributed by atoms with E-state index in [1.54, 1.807) is 6.07 Å². The second kappa shape index (κ2) is 7.73. The third-order valence-electron chi connectivity index (χ3n) is 4.00. The van der Waals surface area contributed by atoms with Crippen molar-refractivity contribution < 1.29 is 18.9 Å². The van der Waals surface area contributed by atoms with Gasteiger partial charge in [-0.05, 0) is 43.2 Å². The molecule has 0 saturated heterocycles. The molecular formula is C18H18FN3O4. The van der Waals surface area contributed by atoms with E-state index >= 15 is 0 Å². The summed E-state index contributed by atoms with van der Waals surface area (Å²) in [6, 6.07) is 8.34. The zero-order valence-corrected chi connectivity index (χ0v) is 14.6. The van der Waals surface area contributed by atoms with Gasteiger partial charge in [-0.2, -0.15) is 4.39 Å². The Labute approximate surface area is 149 Å². The van der Waals surface area contributed by atoms with Crippen LogP contribution in [-0.2, 0) is 4.79 Å². The number of hydrogen-bond acceptors (Lipinski definition) is 4. The number of anilines is 1. The Morgan fingerprint density at radius 3 is 2.58 bits per heavy atom. The van der Waals surface area contributed by atoms with Gasteiger partial charge in [0.15, 0.2) is 0 Å². The van der Waals surface area contributed by atoms with E-state index in [4.69, 9.17) is 0 Å². The highest BCUT2D eigenvalue weighted by atomic mass is 19.1. The van der Waals surface area contributed by atoms with Crippen molar-refractivity contribution in [1.82, 2.24) is 4.90 Å². The Morgan fingerprint density at radius 2 is 1.92 bits per heavy atom. The predicted octanol–water partition coefficient (Wildman–Crippen LogP) is 3.06. The van der Waals surface area contributed by atoms with Crippen molar-refractivity contribution in [1.29, 1.82) is 0 Å². The van der Waals surface area contributed by atoms with Crippen LogP contribution < -0.4 is 5.32 Å². The summed E-state index contributed by atoms with van der Waals surface area (Å²) >= 11 is 0. The number of nitrogens with one attached hydrogen (secondary N) is 1. The molecule has 0 aliphatic heterocycles. The highest BCUT2D eigenvalue weighted by molar-refractivity contribution is 5.99. The minimum Gasteiger partial charge on any atom is -0.332 e. The van der Waals surface area contributed by atoms with Crippen LogP contribution in [0.5, 0.6) is 0 Å². The summed E-state index contributed by atoms with van der Waals surface area (Å²) in [5.41, 5.74) is 1.73.